The van der Waals surface area contributed by atoms with Gasteiger partial charge in [0.05, 0.1) is 29.0 Å². The van der Waals surface area contributed by atoms with E-state index in [0.717, 1.165) is 69.1 Å². The minimum absolute atomic E-state index is 0.0735. The molecule has 0 saturated heterocycles. The van der Waals surface area contributed by atoms with Crippen LogP contribution in [0.5, 0.6) is 0 Å². The minimum Gasteiger partial charge on any atom is -0.458 e. The van der Waals surface area contributed by atoms with Crippen molar-refractivity contribution in [2.75, 3.05) is 18.5 Å². The van der Waals surface area contributed by atoms with Crippen molar-refractivity contribution in [1.82, 2.24) is 14.9 Å². The van der Waals surface area contributed by atoms with Gasteiger partial charge < -0.3 is 29.8 Å². The first-order valence-electron chi connectivity index (χ1n) is 17.3. The second kappa shape index (κ2) is 11.6. The number of pyridine rings is 2. The normalized spacial score (nSPS) is 17.9. The van der Waals surface area contributed by atoms with E-state index in [1.807, 2.05) is 36.4 Å². The molecule has 4 heterocycles. The molecule has 2 amide bonds. The molecule has 0 unspecified atom stereocenters. The molecule has 0 spiro atoms. The molecule has 0 radical (unpaired) electrons. The maximum Gasteiger partial charge on any atom is 0.407 e. The largest absolute Gasteiger partial charge is 0.458 e. The molecule has 51 heavy (non-hydrogen) atoms. The Bertz CT molecular complexity index is 2370. The number of carbonyl (C=O) groups is 3. The summed E-state index contributed by atoms with van der Waals surface area (Å²) in [6, 6.07) is 21.6. The SMILES string of the molecule is CC[C@@]1(O)C(=O)OCc2c1cc1n(c2=O)Cc2c-1nc1ccc(NC(=O)CNC(=O)OCC3c4ccccc4-c4ccccc43)c3c1c2CCC3. The Balaban J connectivity index is 0.934. The summed E-state index contributed by atoms with van der Waals surface area (Å²) in [5, 5.41) is 17.7. The molecule has 3 N–H and O–H groups in total. The average molecular weight is 683 g/mol. The van der Waals surface area contributed by atoms with Gasteiger partial charge in [0, 0.05) is 28.1 Å². The van der Waals surface area contributed by atoms with E-state index in [9.17, 15) is 24.3 Å². The van der Waals surface area contributed by atoms with Gasteiger partial charge in [-0.25, -0.2) is 14.6 Å². The van der Waals surface area contributed by atoms with Crippen molar-refractivity contribution >= 4 is 34.6 Å². The first-order valence-corrected chi connectivity index (χ1v) is 17.3. The van der Waals surface area contributed by atoms with Crippen molar-refractivity contribution in [1.29, 1.82) is 0 Å². The highest BCUT2D eigenvalue weighted by Crippen LogP contribution is 2.45. The number of anilines is 1. The molecule has 256 valence electrons. The number of aliphatic hydroxyl groups is 1. The number of aromatic nitrogens is 2. The van der Waals surface area contributed by atoms with Crippen molar-refractivity contribution < 1.29 is 29.0 Å². The Hall–Kier alpha value is -5.81. The van der Waals surface area contributed by atoms with Crippen molar-refractivity contribution in [3.8, 4) is 22.5 Å². The molecule has 5 aromatic rings. The van der Waals surface area contributed by atoms with E-state index in [2.05, 4.69) is 34.9 Å². The summed E-state index contributed by atoms with van der Waals surface area (Å²) in [7, 11) is 0. The number of hydrogen-bond acceptors (Lipinski definition) is 8. The number of ether oxygens (including phenoxy) is 2. The summed E-state index contributed by atoms with van der Waals surface area (Å²) < 4.78 is 12.5. The molecular weight excluding hydrogens is 648 g/mol. The van der Waals surface area contributed by atoms with Gasteiger partial charge in [-0.2, -0.15) is 0 Å². The van der Waals surface area contributed by atoms with Crippen LogP contribution >= 0.6 is 0 Å². The highest BCUT2D eigenvalue weighted by molar-refractivity contribution is 6.00. The molecule has 9 rings (SSSR count). The van der Waals surface area contributed by atoms with Gasteiger partial charge in [-0.05, 0) is 77.3 Å². The van der Waals surface area contributed by atoms with Crippen LogP contribution in [0.25, 0.3) is 33.4 Å². The quantitative estimate of drug-likeness (QED) is 0.207. The Kier molecular flexibility index (Phi) is 7.11. The molecular formula is C40H34N4O7. The van der Waals surface area contributed by atoms with Gasteiger partial charge in [-0.15, -0.1) is 0 Å². The predicted octanol–water partition coefficient (Wildman–Crippen LogP) is 5.05. The summed E-state index contributed by atoms with van der Waals surface area (Å²) in [4.78, 5) is 57.1. The zero-order valence-corrected chi connectivity index (χ0v) is 27.9. The third kappa shape index (κ3) is 4.71. The summed E-state index contributed by atoms with van der Waals surface area (Å²) in [5.74, 6) is -1.22. The van der Waals surface area contributed by atoms with Gasteiger partial charge in [-0.1, -0.05) is 55.5 Å². The lowest BCUT2D eigenvalue weighted by Crippen LogP contribution is -2.44. The van der Waals surface area contributed by atoms with Crippen molar-refractivity contribution in [3.05, 3.63) is 116 Å². The number of cyclic esters (lactones) is 1. The fourth-order valence-electron chi connectivity index (χ4n) is 8.43. The summed E-state index contributed by atoms with van der Waals surface area (Å²) in [6.45, 7) is 1.70. The van der Waals surface area contributed by atoms with Crippen molar-refractivity contribution in [2.24, 2.45) is 0 Å². The predicted molar refractivity (Wildman–Crippen MR) is 188 cm³/mol. The highest BCUT2D eigenvalue weighted by Gasteiger charge is 2.45. The first kappa shape index (κ1) is 31.2. The third-order valence-electron chi connectivity index (χ3n) is 10.9. The minimum atomic E-state index is -1.89. The van der Waals surface area contributed by atoms with E-state index in [0.29, 0.717) is 23.6 Å². The molecule has 2 aliphatic heterocycles. The summed E-state index contributed by atoms with van der Waals surface area (Å²) in [5.41, 5.74) is 8.43. The number of esters is 1. The Labute approximate surface area is 292 Å². The van der Waals surface area contributed by atoms with Crippen LogP contribution in [-0.4, -0.2) is 45.8 Å². The van der Waals surface area contributed by atoms with Crippen LogP contribution in [0.1, 0.15) is 64.6 Å². The monoisotopic (exact) mass is 682 g/mol. The average Bonchev–Trinajstić information content (AvgIpc) is 3.69. The van der Waals surface area contributed by atoms with Gasteiger partial charge in [0.15, 0.2) is 5.60 Å². The van der Waals surface area contributed by atoms with E-state index in [4.69, 9.17) is 14.5 Å². The molecule has 11 heteroatoms. The molecule has 1 atom stereocenters. The number of nitrogens with zero attached hydrogens (tertiary/aromatic N) is 2. The second-order valence-electron chi connectivity index (χ2n) is 13.6. The molecule has 2 aromatic heterocycles. The smallest absolute Gasteiger partial charge is 0.407 e. The highest BCUT2D eigenvalue weighted by atomic mass is 16.6. The number of rotatable bonds is 6. The van der Waals surface area contributed by atoms with Crippen LogP contribution in [0.4, 0.5) is 10.5 Å². The lowest BCUT2D eigenvalue weighted by Gasteiger charge is -2.31. The topological polar surface area (TPSA) is 149 Å². The van der Waals surface area contributed by atoms with Crippen LogP contribution in [-0.2, 0) is 50.7 Å². The maximum absolute atomic E-state index is 13.7. The summed E-state index contributed by atoms with van der Waals surface area (Å²) in [6.07, 6.45) is 1.74. The number of amides is 2. The van der Waals surface area contributed by atoms with E-state index in [1.165, 1.54) is 0 Å². The molecule has 0 saturated carbocycles. The zero-order valence-electron chi connectivity index (χ0n) is 27.9. The number of fused-ring (bicyclic) bond motifs is 8. The van der Waals surface area contributed by atoms with Gasteiger partial charge in [0.25, 0.3) is 5.56 Å². The molecule has 0 fully saturated rings. The van der Waals surface area contributed by atoms with Crippen molar-refractivity contribution in [3.63, 3.8) is 0 Å². The van der Waals surface area contributed by atoms with E-state index in [-0.39, 0.29) is 54.7 Å². The molecule has 4 aliphatic rings. The van der Waals surface area contributed by atoms with Crippen LogP contribution in [0.15, 0.2) is 71.5 Å². The number of aryl methyl sites for hydroxylation is 2. The van der Waals surface area contributed by atoms with E-state index in [1.54, 1.807) is 17.6 Å². The molecule has 2 aliphatic carbocycles. The van der Waals surface area contributed by atoms with Gasteiger partial charge >= 0.3 is 12.1 Å². The molecule has 3 aromatic carbocycles. The van der Waals surface area contributed by atoms with Crippen LogP contribution in [0, 0.1) is 0 Å². The maximum atomic E-state index is 13.7. The number of alkyl carbamates (subject to hydrolysis) is 1. The van der Waals surface area contributed by atoms with E-state index < -0.39 is 17.7 Å². The zero-order chi connectivity index (χ0) is 35.0. The van der Waals surface area contributed by atoms with Crippen molar-refractivity contribution in [2.45, 2.75) is 57.3 Å². The number of nitrogens with one attached hydrogen (secondary N) is 2. The van der Waals surface area contributed by atoms with Crippen LogP contribution in [0.2, 0.25) is 0 Å². The molecule has 11 nitrogen and oxygen atoms in total. The number of hydrogen-bond donors (Lipinski definition) is 3. The third-order valence-corrected chi connectivity index (χ3v) is 10.9. The summed E-state index contributed by atoms with van der Waals surface area (Å²) >= 11 is 0. The van der Waals surface area contributed by atoms with Gasteiger partial charge in [0.2, 0.25) is 5.91 Å². The second-order valence-corrected chi connectivity index (χ2v) is 13.6. The first-order chi connectivity index (χ1) is 24.8. The van der Waals surface area contributed by atoms with Gasteiger partial charge in [-0.3, -0.25) is 9.59 Å². The van der Waals surface area contributed by atoms with Crippen LogP contribution < -0.4 is 16.2 Å². The fourth-order valence-corrected chi connectivity index (χ4v) is 8.43. The van der Waals surface area contributed by atoms with Gasteiger partial charge in [0.1, 0.15) is 19.8 Å². The Morgan fingerprint density at radius 2 is 1.71 bits per heavy atom. The fraction of sp³-hybridized carbons (Fsp3) is 0.275. The van der Waals surface area contributed by atoms with E-state index >= 15 is 0 Å². The number of carbonyl (C=O) groups excluding carboxylic acids is 3. The standard InChI is InChI=1S/C40H34N4O7/c1-2-40(49)30-16-33-36-27(18-44(33)37(46)29(30)20-50-38(40)47)25-12-7-13-26-31(14-15-32(43-36)35(25)26)42-34(45)17-41-39(48)51-19-28-23-10-5-3-8-21(23)22-9-4-6-11-24(22)28/h3-6,8-11,14-16,28,49H,2,7,12-13,17-20H2,1H3,(H,41,48)(H,42,45)/t40-/m0/s1. The Morgan fingerprint density at radius 1 is 0.980 bits per heavy atom. The lowest BCUT2D eigenvalue weighted by molar-refractivity contribution is -0.172. The Morgan fingerprint density at radius 3 is 2.45 bits per heavy atom. The number of benzene rings is 3. The molecule has 0 bridgehead atoms. The van der Waals surface area contributed by atoms with Crippen LogP contribution in [0.3, 0.4) is 0 Å². The lowest BCUT2D eigenvalue weighted by atomic mass is 9.85.